The van der Waals surface area contributed by atoms with Crippen LogP contribution in [0.15, 0.2) is 59.8 Å². The number of furan rings is 1. The van der Waals surface area contributed by atoms with E-state index in [-0.39, 0.29) is 12.5 Å². The molecule has 0 aromatic carbocycles. The van der Waals surface area contributed by atoms with Gasteiger partial charge < -0.3 is 9.73 Å². The van der Waals surface area contributed by atoms with Gasteiger partial charge in [0.25, 0.3) is 0 Å². The molecule has 3 heterocycles. The number of nitrogens with one attached hydrogen (secondary N) is 1. The van der Waals surface area contributed by atoms with Crippen LogP contribution in [-0.2, 0) is 17.9 Å². The molecule has 0 fully saturated rings. The Morgan fingerprint density at radius 3 is 2.95 bits per heavy atom. The normalized spacial score (nSPS) is 10.5. The highest BCUT2D eigenvalue weighted by molar-refractivity contribution is 5.75. The molecule has 0 spiro atoms. The van der Waals surface area contributed by atoms with E-state index < -0.39 is 0 Å². The molecule has 3 aromatic rings. The SMILES string of the molecule is O=C(Cn1cccn1)NCc1ccc(-c2ccoc2)nc1. The van der Waals surface area contributed by atoms with Gasteiger partial charge in [0.15, 0.2) is 0 Å². The van der Waals surface area contributed by atoms with Crippen LogP contribution in [-0.4, -0.2) is 20.7 Å². The van der Waals surface area contributed by atoms with Crippen molar-refractivity contribution in [1.29, 1.82) is 0 Å². The van der Waals surface area contributed by atoms with Gasteiger partial charge in [-0.2, -0.15) is 5.10 Å². The topological polar surface area (TPSA) is 73.0 Å². The van der Waals surface area contributed by atoms with E-state index in [0.717, 1.165) is 16.8 Å². The van der Waals surface area contributed by atoms with Crippen molar-refractivity contribution < 1.29 is 9.21 Å². The molecular formula is C15H14N4O2. The van der Waals surface area contributed by atoms with Gasteiger partial charge in [0.05, 0.1) is 18.2 Å². The number of rotatable bonds is 5. The number of pyridine rings is 1. The maximum Gasteiger partial charge on any atom is 0.241 e. The van der Waals surface area contributed by atoms with Gasteiger partial charge in [-0.15, -0.1) is 0 Å². The maximum atomic E-state index is 11.7. The molecule has 0 saturated heterocycles. The second kappa shape index (κ2) is 6.04. The largest absolute Gasteiger partial charge is 0.472 e. The Balaban J connectivity index is 1.55. The average Bonchev–Trinajstić information content (AvgIpc) is 3.19. The average molecular weight is 282 g/mol. The molecule has 106 valence electrons. The van der Waals surface area contributed by atoms with E-state index in [4.69, 9.17) is 4.42 Å². The highest BCUT2D eigenvalue weighted by Gasteiger charge is 2.04. The second-order valence-electron chi connectivity index (χ2n) is 4.54. The fraction of sp³-hybridized carbons (Fsp3) is 0.133. The van der Waals surface area contributed by atoms with Gasteiger partial charge in [-0.3, -0.25) is 14.5 Å². The molecule has 0 atom stereocenters. The van der Waals surface area contributed by atoms with Crippen LogP contribution in [0, 0.1) is 0 Å². The monoisotopic (exact) mass is 282 g/mol. The van der Waals surface area contributed by atoms with Crippen LogP contribution in [0.25, 0.3) is 11.3 Å². The fourth-order valence-electron chi connectivity index (χ4n) is 1.91. The molecule has 0 unspecified atom stereocenters. The lowest BCUT2D eigenvalue weighted by atomic mass is 10.2. The van der Waals surface area contributed by atoms with Crippen molar-refractivity contribution in [3.63, 3.8) is 0 Å². The van der Waals surface area contributed by atoms with Crippen LogP contribution < -0.4 is 5.32 Å². The van der Waals surface area contributed by atoms with Crippen molar-refractivity contribution in [2.75, 3.05) is 0 Å². The van der Waals surface area contributed by atoms with E-state index in [0.29, 0.717) is 6.54 Å². The first kappa shape index (κ1) is 13.1. The lowest BCUT2D eigenvalue weighted by Crippen LogP contribution is -2.27. The third kappa shape index (κ3) is 3.36. The lowest BCUT2D eigenvalue weighted by Gasteiger charge is -2.06. The standard InChI is InChI=1S/C15H14N4O2/c20-15(10-19-6-1-5-18-19)17-9-12-2-3-14(16-8-12)13-4-7-21-11-13/h1-8,11H,9-10H2,(H,17,20). The number of amides is 1. The van der Waals surface area contributed by atoms with Crippen LogP contribution in [0.2, 0.25) is 0 Å². The van der Waals surface area contributed by atoms with E-state index in [2.05, 4.69) is 15.4 Å². The van der Waals surface area contributed by atoms with Gasteiger partial charge >= 0.3 is 0 Å². The fourth-order valence-corrected chi connectivity index (χ4v) is 1.91. The minimum Gasteiger partial charge on any atom is -0.472 e. The predicted molar refractivity (Wildman–Crippen MR) is 76.0 cm³/mol. The molecule has 0 saturated carbocycles. The summed E-state index contributed by atoms with van der Waals surface area (Å²) in [5.41, 5.74) is 2.72. The quantitative estimate of drug-likeness (QED) is 0.775. The number of nitrogens with zero attached hydrogens (tertiary/aromatic N) is 3. The van der Waals surface area contributed by atoms with Crippen LogP contribution in [0.4, 0.5) is 0 Å². The Bertz CT molecular complexity index is 688. The van der Waals surface area contributed by atoms with E-state index in [1.165, 1.54) is 0 Å². The highest BCUT2D eigenvalue weighted by Crippen LogP contribution is 2.16. The molecular weight excluding hydrogens is 268 g/mol. The van der Waals surface area contributed by atoms with Crippen LogP contribution >= 0.6 is 0 Å². The van der Waals surface area contributed by atoms with Crippen molar-refractivity contribution in [3.05, 3.63) is 60.9 Å². The molecule has 6 nitrogen and oxygen atoms in total. The van der Waals surface area contributed by atoms with Gasteiger partial charge in [-0.1, -0.05) is 6.07 Å². The molecule has 3 rings (SSSR count). The first-order valence-corrected chi connectivity index (χ1v) is 6.53. The lowest BCUT2D eigenvalue weighted by molar-refractivity contribution is -0.122. The third-order valence-corrected chi connectivity index (χ3v) is 3.00. The molecule has 21 heavy (non-hydrogen) atoms. The number of hydrogen-bond acceptors (Lipinski definition) is 4. The smallest absolute Gasteiger partial charge is 0.241 e. The summed E-state index contributed by atoms with van der Waals surface area (Å²) in [7, 11) is 0. The summed E-state index contributed by atoms with van der Waals surface area (Å²) in [5, 5.41) is 6.82. The van der Waals surface area contributed by atoms with Gasteiger partial charge in [0.1, 0.15) is 6.54 Å². The van der Waals surface area contributed by atoms with Gasteiger partial charge in [-0.25, -0.2) is 0 Å². The summed E-state index contributed by atoms with van der Waals surface area (Å²) in [4.78, 5) is 16.1. The summed E-state index contributed by atoms with van der Waals surface area (Å²) < 4.78 is 6.60. The number of aromatic nitrogens is 3. The molecule has 6 heteroatoms. The van der Waals surface area contributed by atoms with Crippen molar-refractivity contribution in [2.24, 2.45) is 0 Å². The van der Waals surface area contributed by atoms with E-state index in [9.17, 15) is 4.79 Å². The van der Waals surface area contributed by atoms with Gasteiger partial charge in [0.2, 0.25) is 5.91 Å². The molecule has 1 amide bonds. The zero-order valence-corrected chi connectivity index (χ0v) is 11.3. The van der Waals surface area contributed by atoms with Crippen molar-refractivity contribution in [1.82, 2.24) is 20.1 Å². The van der Waals surface area contributed by atoms with Crippen molar-refractivity contribution in [3.8, 4) is 11.3 Å². The van der Waals surface area contributed by atoms with E-state index in [1.54, 1.807) is 41.9 Å². The predicted octanol–water partition coefficient (Wildman–Crippen LogP) is 1.85. The van der Waals surface area contributed by atoms with Crippen LogP contribution in [0.5, 0.6) is 0 Å². The number of carbonyl (C=O) groups excluding carboxylic acids is 1. The molecule has 1 N–H and O–H groups in total. The molecule has 0 aliphatic rings. The molecule has 0 aliphatic heterocycles. The molecule has 0 aliphatic carbocycles. The second-order valence-corrected chi connectivity index (χ2v) is 4.54. The van der Waals surface area contributed by atoms with Gasteiger partial charge in [-0.05, 0) is 23.8 Å². The summed E-state index contributed by atoms with van der Waals surface area (Å²) in [6.07, 6.45) is 8.40. The van der Waals surface area contributed by atoms with E-state index >= 15 is 0 Å². The summed E-state index contributed by atoms with van der Waals surface area (Å²) in [5.74, 6) is -0.0855. The Hall–Kier alpha value is -2.89. The Kier molecular flexibility index (Phi) is 3.77. The highest BCUT2D eigenvalue weighted by atomic mass is 16.3. The van der Waals surface area contributed by atoms with Crippen molar-refractivity contribution >= 4 is 5.91 Å². The number of carbonyl (C=O) groups is 1. The van der Waals surface area contributed by atoms with Crippen molar-refractivity contribution in [2.45, 2.75) is 13.1 Å². The Morgan fingerprint density at radius 2 is 2.29 bits per heavy atom. The molecule has 0 radical (unpaired) electrons. The Morgan fingerprint density at radius 1 is 1.33 bits per heavy atom. The maximum absolute atomic E-state index is 11.7. The zero-order chi connectivity index (χ0) is 14.5. The third-order valence-electron chi connectivity index (χ3n) is 3.00. The first-order chi connectivity index (χ1) is 10.3. The molecule has 3 aromatic heterocycles. The van der Waals surface area contributed by atoms with Crippen LogP contribution in [0.1, 0.15) is 5.56 Å². The number of hydrogen-bond donors (Lipinski definition) is 1. The minimum atomic E-state index is -0.0855. The summed E-state index contributed by atoms with van der Waals surface area (Å²) in [6.45, 7) is 0.659. The molecule has 0 bridgehead atoms. The first-order valence-electron chi connectivity index (χ1n) is 6.53. The van der Waals surface area contributed by atoms with E-state index in [1.807, 2.05) is 18.2 Å². The zero-order valence-electron chi connectivity index (χ0n) is 11.3. The Labute approximate surface area is 121 Å². The minimum absolute atomic E-state index is 0.0855. The summed E-state index contributed by atoms with van der Waals surface area (Å²) in [6, 6.07) is 7.48. The van der Waals surface area contributed by atoms with Gasteiger partial charge in [0, 0.05) is 30.7 Å². The summed E-state index contributed by atoms with van der Waals surface area (Å²) >= 11 is 0. The van der Waals surface area contributed by atoms with Crippen LogP contribution in [0.3, 0.4) is 0 Å².